The van der Waals surface area contributed by atoms with Crippen molar-refractivity contribution in [1.29, 1.82) is 0 Å². The Morgan fingerprint density at radius 2 is 1.79 bits per heavy atom. The van der Waals surface area contributed by atoms with Gasteiger partial charge < -0.3 is 10.1 Å². The van der Waals surface area contributed by atoms with E-state index in [2.05, 4.69) is 26.1 Å². The van der Waals surface area contributed by atoms with E-state index in [0.717, 1.165) is 43.7 Å². The fraction of sp³-hybridized carbons (Fsp3) is 0.647. The fourth-order valence-corrected chi connectivity index (χ4v) is 2.02. The van der Waals surface area contributed by atoms with Gasteiger partial charge in [0, 0.05) is 0 Å². The molecule has 1 rings (SSSR count). The lowest BCUT2D eigenvalue weighted by molar-refractivity contribution is 0.292. The van der Waals surface area contributed by atoms with Crippen molar-refractivity contribution in [2.45, 2.75) is 40.0 Å². The maximum absolute atomic E-state index is 5.70. The van der Waals surface area contributed by atoms with Crippen LogP contribution in [0.15, 0.2) is 30.3 Å². The molecule has 1 N–H and O–H groups in total. The molecule has 1 atom stereocenters. The molecule has 108 valence electrons. The van der Waals surface area contributed by atoms with Crippen molar-refractivity contribution in [1.82, 2.24) is 5.32 Å². The van der Waals surface area contributed by atoms with Crippen molar-refractivity contribution < 1.29 is 4.74 Å². The maximum Gasteiger partial charge on any atom is 0.119 e. The molecule has 1 aromatic carbocycles. The first-order valence-electron chi connectivity index (χ1n) is 7.57. The minimum Gasteiger partial charge on any atom is -0.494 e. The van der Waals surface area contributed by atoms with E-state index in [4.69, 9.17) is 4.74 Å². The third kappa shape index (κ3) is 8.66. The number of benzene rings is 1. The summed E-state index contributed by atoms with van der Waals surface area (Å²) >= 11 is 0. The molecule has 1 unspecified atom stereocenters. The first-order valence-corrected chi connectivity index (χ1v) is 7.57. The van der Waals surface area contributed by atoms with Crippen LogP contribution in [0.25, 0.3) is 0 Å². The fourth-order valence-electron chi connectivity index (χ4n) is 2.02. The second-order valence-corrected chi connectivity index (χ2v) is 5.80. The average molecular weight is 263 g/mol. The zero-order chi connectivity index (χ0) is 13.9. The van der Waals surface area contributed by atoms with Crippen LogP contribution >= 0.6 is 0 Å². The Kier molecular flexibility index (Phi) is 8.31. The van der Waals surface area contributed by atoms with E-state index >= 15 is 0 Å². The first kappa shape index (κ1) is 16.0. The maximum atomic E-state index is 5.70. The summed E-state index contributed by atoms with van der Waals surface area (Å²) in [7, 11) is 0. The van der Waals surface area contributed by atoms with Crippen molar-refractivity contribution in [2.24, 2.45) is 11.8 Å². The second kappa shape index (κ2) is 9.85. The summed E-state index contributed by atoms with van der Waals surface area (Å²) in [5.41, 5.74) is 0. The zero-order valence-corrected chi connectivity index (χ0v) is 12.7. The van der Waals surface area contributed by atoms with Crippen LogP contribution < -0.4 is 10.1 Å². The predicted octanol–water partition coefficient (Wildman–Crippen LogP) is 4.12. The number of nitrogens with one attached hydrogen (secondary N) is 1. The van der Waals surface area contributed by atoms with Gasteiger partial charge in [0.25, 0.3) is 0 Å². The number of ether oxygens (including phenoxy) is 1. The number of rotatable bonds is 10. The summed E-state index contributed by atoms with van der Waals surface area (Å²) in [6.07, 6.45) is 3.65. The normalized spacial score (nSPS) is 12.6. The van der Waals surface area contributed by atoms with Crippen LogP contribution in [-0.4, -0.2) is 19.7 Å². The molecule has 2 nitrogen and oxygen atoms in total. The molecule has 0 amide bonds. The molecule has 19 heavy (non-hydrogen) atoms. The lowest BCUT2D eigenvalue weighted by Crippen LogP contribution is -2.22. The highest BCUT2D eigenvalue weighted by atomic mass is 16.5. The highest BCUT2D eigenvalue weighted by Gasteiger charge is 2.02. The summed E-state index contributed by atoms with van der Waals surface area (Å²) in [5, 5.41) is 3.50. The van der Waals surface area contributed by atoms with Crippen LogP contribution in [0, 0.1) is 11.8 Å². The molecule has 2 heteroatoms. The topological polar surface area (TPSA) is 21.3 Å². The van der Waals surface area contributed by atoms with E-state index in [0.29, 0.717) is 0 Å². The zero-order valence-electron chi connectivity index (χ0n) is 12.7. The van der Waals surface area contributed by atoms with Gasteiger partial charge in [-0.2, -0.15) is 0 Å². The van der Waals surface area contributed by atoms with Gasteiger partial charge in [-0.15, -0.1) is 0 Å². The Hall–Kier alpha value is -1.02. The molecule has 0 aliphatic carbocycles. The van der Waals surface area contributed by atoms with Gasteiger partial charge in [0.15, 0.2) is 0 Å². The molecule has 0 spiro atoms. The average Bonchev–Trinajstić information content (AvgIpc) is 2.41. The largest absolute Gasteiger partial charge is 0.494 e. The van der Waals surface area contributed by atoms with Gasteiger partial charge in [0.1, 0.15) is 5.75 Å². The standard InChI is InChI=1S/C17H29NO/c1-15(2)14-18-12-11-16(3)8-7-13-19-17-9-5-4-6-10-17/h4-6,9-10,15-16,18H,7-8,11-14H2,1-3H3. The molecule has 0 aromatic heterocycles. The molecular formula is C17H29NO. The van der Waals surface area contributed by atoms with Crippen molar-refractivity contribution in [3.63, 3.8) is 0 Å². The van der Waals surface area contributed by atoms with Crippen LogP contribution in [0.4, 0.5) is 0 Å². The minimum atomic E-state index is 0.745. The van der Waals surface area contributed by atoms with Gasteiger partial charge in [0.05, 0.1) is 6.61 Å². The molecular weight excluding hydrogens is 234 g/mol. The Labute approximate surface area is 118 Å². The molecule has 0 bridgehead atoms. The molecule has 0 fully saturated rings. The summed E-state index contributed by atoms with van der Waals surface area (Å²) < 4.78 is 5.70. The van der Waals surface area contributed by atoms with Crippen LogP contribution in [0.1, 0.15) is 40.0 Å². The molecule has 0 aliphatic heterocycles. The molecule has 0 saturated heterocycles. The van der Waals surface area contributed by atoms with Crippen molar-refractivity contribution in [3.8, 4) is 5.75 Å². The summed E-state index contributed by atoms with van der Waals surface area (Å²) in [4.78, 5) is 0. The van der Waals surface area contributed by atoms with Gasteiger partial charge >= 0.3 is 0 Å². The lowest BCUT2D eigenvalue weighted by Gasteiger charge is -2.13. The van der Waals surface area contributed by atoms with E-state index in [-0.39, 0.29) is 0 Å². The summed E-state index contributed by atoms with van der Waals surface area (Å²) in [6.45, 7) is 9.92. The van der Waals surface area contributed by atoms with E-state index in [9.17, 15) is 0 Å². The van der Waals surface area contributed by atoms with Crippen molar-refractivity contribution >= 4 is 0 Å². The lowest BCUT2D eigenvalue weighted by atomic mass is 10.0. The smallest absolute Gasteiger partial charge is 0.119 e. The van der Waals surface area contributed by atoms with Crippen molar-refractivity contribution in [3.05, 3.63) is 30.3 Å². The van der Waals surface area contributed by atoms with E-state index in [1.54, 1.807) is 0 Å². The first-order chi connectivity index (χ1) is 9.18. The summed E-state index contributed by atoms with van der Waals surface area (Å²) in [5.74, 6) is 2.50. The number of hydrogen-bond acceptors (Lipinski definition) is 2. The molecule has 0 aliphatic rings. The Bertz CT molecular complexity index is 310. The highest BCUT2D eigenvalue weighted by molar-refractivity contribution is 5.20. The van der Waals surface area contributed by atoms with Crippen LogP contribution in [0.5, 0.6) is 5.75 Å². The predicted molar refractivity (Wildman–Crippen MR) is 82.7 cm³/mol. The quantitative estimate of drug-likeness (QED) is 0.641. The number of hydrogen-bond donors (Lipinski definition) is 1. The second-order valence-electron chi connectivity index (χ2n) is 5.80. The monoisotopic (exact) mass is 263 g/mol. The van der Waals surface area contributed by atoms with Gasteiger partial charge in [-0.25, -0.2) is 0 Å². The number of para-hydroxylation sites is 1. The van der Waals surface area contributed by atoms with Gasteiger partial charge in [-0.1, -0.05) is 39.0 Å². The van der Waals surface area contributed by atoms with Crippen LogP contribution in [-0.2, 0) is 0 Å². The van der Waals surface area contributed by atoms with Gasteiger partial charge in [0.2, 0.25) is 0 Å². The minimum absolute atomic E-state index is 0.745. The SMILES string of the molecule is CC(C)CNCCC(C)CCCOc1ccccc1. The van der Waals surface area contributed by atoms with E-state index in [1.165, 1.54) is 12.8 Å². The van der Waals surface area contributed by atoms with Crippen LogP contribution in [0.2, 0.25) is 0 Å². The highest BCUT2D eigenvalue weighted by Crippen LogP contribution is 2.12. The van der Waals surface area contributed by atoms with E-state index in [1.807, 2.05) is 30.3 Å². The Balaban J connectivity index is 1.97. The summed E-state index contributed by atoms with van der Waals surface area (Å²) in [6, 6.07) is 10.1. The Morgan fingerprint density at radius 3 is 2.47 bits per heavy atom. The Morgan fingerprint density at radius 1 is 1.05 bits per heavy atom. The molecule has 1 aromatic rings. The third-order valence-electron chi connectivity index (χ3n) is 3.22. The van der Waals surface area contributed by atoms with Crippen molar-refractivity contribution in [2.75, 3.05) is 19.7 Å². The molecule has 0 saturated carbocycles. The van der Waals surface area contributed by atoms with Crippen LogP contribution in [0.3, 0.4) is 0 Å². The molecule has 0 heterocycles. The molecule has 0 radical (unpaired) electrons. The van der Waals surface area contributed by atoms with Gasteiger partial charge in [-0.3, -0.25) is 0 Å². The third-order valence-corrected chi connectivity index (χ3v) is 3.22. The van der Waals surface area contributed by atoms with Gasteiger partial charge in [-0.05, 0) is 56.3 Å². The van der Waals surface area contributed by atoms with E-state index < -0.39 is 0 Å².